The molecule has 3 fully saturated rings. The molecule has 0 aliphatic carbocycles. The van der Waals surface area contributed by atoms with Crippen LogP contribution in [-0.4, -0.2) is 123 Å². The van der Waals surface area contributed by atoms with Gasteiger partial charge in [-0.3, -0.25) is 9.59 Å². The highest BCUT2D eigenvalue weighted by Crippen LogP contribution is 2.42. The summed E-state index contributed by atoms with van der Waals surface area (Å²) >= 11 is 1.54. The zero-order chi connectivity index (χ0) is 70.6. The molecule has 103 heavy (non-hydrogen) atoms. The Bertz CT molecular complexity index is 3870. The Kier molecular flexibility index (Phi) is 28.6. The first kappa shape index (κ1) is 74.5. The molecule has 3 heterocycles. The molecule has 3 aliphatic rings. The summed E-state index contributed by atoms with van der Waals surface area (Å²) in [6.07, 6.45) is -14.7. The van der Waals surface area contributed by atoms with Crippen LogP contribution in [0.5, 0.6) is 0 Å². The fourth-order valence-electron chi connectivity index (χ4n) is 12.7. The average molecular weight is 1410 g/mol. The van der Waals surface area contributed by atoms with Gasteiger partial charge < -0.3 is 71.6 Å². The molecular weight excluding hydrogens is 1320 g/mol. The van der Waals surface area contributed by atoms with Crippen LogP contribution >= 0.6 is 11.8 Å². The second kappa shape index (κ2) is 39.6. The predicted octanol–water partition coefficient (Wildman–Crippen LogP) is 14.1. The molecule has 0 radical (unpaired) electrons. The van der Waals surface area contributed by atoms with Gasteiger partial charge in [-0.2, -0.15) is 0 Å². The Morgan fingerprint density at radius 1 is 0.340 bits per heavy atom. The summed E-state index contributed by atoms with van der Waals surface area (Å²) in [5.41, 5.74) is 6.60. The van der Waals surface area contributed by atoms with Crippen molar-refractivity contribution >= 4 is 23.6 Å². The Balaban J connectivity index is 0.979. The van der Waals surface area contributed by atoms with Crippen molar-refractivity contribution in [2.45, 2.75) is 169 Å². The van der Waals surface area contributed by atoms with Crippen molar-refractivity contribution in [1.29, 1.82) is 0 Å². The van der Waals surface area contributed by atoms with Crippen molar-refractivity contribution in [2.75, 3.05) is 20.3 Å². The number of thioether (sulfide) groups is 1. The van der Waals surface area contributed by atoms with Crippen molar-refractivity contribution in [3.8, 4) is 0 Å². The number of rotatable bonds is 36. The van der Waals surface area contributed by atoms with Crippen LogP contribution in [0.2, 0.25) is 0 Å². The van der Waals surface area contributed by atoms with Gasteiger partial charge in [-0.15, -0.1) is 0 Å². The molecule has 8 unspecified atom stereocenters. The van der Waals surface area contributed by atoms with E-state index in [-0.39, 0.29) is 84.8 Å². The molecule has 15 atom stereocenters. The van der Waals surface area contributed by atoms with Gasteiger partial charge in [-0.05, 0) is 63.6 Å². The zero-order valence-electron chi connectivity index (χ0n) is 58.1. The molecule has 17 nitrogen and oxygen atoms in total. The van der Waals surface area contributed by atoms with E-state index in [1.807, 2.05) is 261 Å². The van der Waals surface area contributed by atoms with Crippen molar-refractivity contribution in [1.82, 2.24) is 5.32 Å². The van der Waals surface area contributed by atoms with Crippen LogP contribution in [0, 0.1) is 0 Å². The summed E-state index contributed by atoms with van der Waals surface area (Å²) in [6.45, 7) is 3.06. The lowest BCUT2D eigenvalue weighted by Crippen LogP contribution is -2.67. The van der Waals surface area contributed by atoms with Gasteiger partial charge in [-0.1, -0.05) is 273 Å². The number of hydrogen-bond donors (Lipinski definition) is 1. The second-order valence-electron chi connectivity index (χ2n) is 25.6. The molecule has 0 bridgehead atoms. The summed E-state index contributed by atoms with van der Waals surface area (Å²) in [5.74, 6) is -0.923. The lowest BCUT2D eigenvalue weighted by Gasteiger charge is -2.51. The quantitative estimate of drug-likeness (QED) is 0.0367. The normalized spacial score (nSPS) is 24.8. The minimum atomic E-state index is -1.30. The van der Waals surface area contributed by atoms with Crippen molar-refractivity contribution in [2.24, 2.45) is 0 Å². The number of ether oxygens (including phenoxy) is 14. The molecule has 0 spiro atoms. The van der Waals surface area contributed by atoms with Gasteiger partial charge in [0.2, 0.25) is 5.91 Å². The number of hydrogen-bond acceptors (Lipinski definition) is 17. The number of esters is 1. The van der Waals surface area contributed by atoms with E-state index in [0.717, 1.165) is 49.4 Å². The van der Waals surface area contributed by atoms with Crippen molar-refractivity contribution in [3.63, 3.8) is 0 Å². The minimum Gasteiger partial charge on any atom is -0.457 e. The molecule has 1 N–H and O–H groups in total. The lowest BCUT2D eigenvalue weighted by molar-refractivity contribution is -0.385. The van der Waals surface area contributed by atoms with E-state index >= 15 is 0 Å². The van der Waals surface area contributed by atoms with E-state index in [4.69, 9.17) is 66.3 Å². The molecule has 3 saturated heterocycles. The van der Waals surface area contributed by atoms with Gasteiger partial charge in [0.25, 0.3) is 0 Å². The number of benzene rings is 9. The monoisotopic (exact) mass is 1410 g/mol. The van der Waals surface area contributed by atoms with Crippen LogP contribution in [0.25, 0.3) is 0 Å². The first-order chi connectivity index (χ1) is 50.8. The van der Waals surface area contributed by atoms with Crippen molar-refractivity contribution in [3.05, 3.63) is 317 Å². The standard InChI is InChI=1S/C85H91NO16S/c1-60-74(100-73(88)49-48-72(87)86-2)77(91-52-63-34-16-5-17-35-63)80(94-55-66-40-22-8-23-41-66)83(97-60)101-75-70(58-89-50-61-30-12-3-13-31-61)98-84(81(95-56-67-42-24-9-25-43-67)78(75)92-53-64-36-18-6-19-37-64)102-76-71(59-90-51-62-32-14-4-15-33-62)99-85(103-69-46-28-11-29-47-69)82(96-57-68-44-26-10-27-45-68)79(76)93-54-65-38-20-7-21-39-65/h3-47,60,70-71,74-85H,48-59H2,1-2H3,(H,86,87)/t60?,70-,71?,74+,75-,76+,77-,78?,79+,80?,81?,82?,83?,84?,85+/m1/s1. The molecule has 18 heteroatoms. The van der Waals surface area contributed by atoms with Gasteiger partial charge in [0, 0.05) is 18.4 Å². The fourth-order valence-corrected chi connectivity index (χ4v) is 13.9. The van der Waals surface area contributed by atoms with E-state index in [1.165, 1.54) is 7.05 Å². The first-order valence-corrected chi connectivity index (χ1v) is 36.2. The number of carbonyl (C=O) groups excluding carboxylic acids is 2. The molecule has 538 valence electrons. The summed E-state index contributed by atoms with van der Waals surface area (Å²) in [4.78, 5) is 27.5. The third-order valence-corrected chi connectivity index (χ3v) is 19.2. The van der Waals surface area contributed by atoms with E-state index < -0.39 is 97.2 Å². The van der Waals surface area contributed by atoms with Gasteiger partial charge >= 0.3 is 5.97 Å². The molecule has 12 rings (SSSR count). The highest BCUT2D eigenvalue weighted by atomic mass is 32.2. The van der Waals surface area contributed by atoms with Gasteiger partial charge in [-0.25, -0.2) is 0 Å². The van der Waals surface area contributed by atoms with Gasteiger partial charge in [0.1, 0.15) is 66.5 Å². The smallest absolute Gasteiger partial charge is 0.306 e. The second-order valence-corrected chi connectivity index (χ2v) is 26.8. The molecule has 9 aromatic rings. The van der Waals surface area contributed by atoms with Crippen molar-refractivity contribution < 1.29 is 75.9 Å². The van der Waals surface area contributed by atoms with Crippen LogP contribution in [0.3, 0.4) is 0 Å². The summed E-state index contributed by atoms with van der Waals surface area (Å²) in [6, 6.07) is 89.4. The Morgan fingerprint density at radius 2 is 0.641 bits per heavy atom. The number of carbonyl (C=O) groups is 2. The zero-order valence-corrected chi connectivity index (χ0v) is 58.9. The van der Waals surface area contributed by atoms with E-state index in [0.29, 0.717) is 0 Å². The van der Waals surface area contributed by atoms with Crippen LogP contribution in [0.1, 0.15) is 64.3 Å². The van der Waals surface area contributed by atoms with Crippen LogP contribution < -0.4 is 5.32 Å². The van der Waals surface area contributed by atoms with E-state index in [1.54, 1.807) is 18.7 Å². The van der Waals surface area contributed by atoms with E-state index in [9.17, 15) is 9.59 Å². The van der Waals surface area contributed by atoms with Gasteiger partial charge in [0.15, 0.2) is 18.7 Å². The topological polar surface area (TPSA) is 175 Å². The molecule has 0 aromatic heterocycles. The number of amides is 1. The summed E-state index contributed by atoms with van der Waals surface area (Å²) < 4.78 is 101. The fraction of sp³-hybridized carbons (Fsp3) is 0.341. The average Bonchev–Trinajstić information content (AvgIpc) is 0.766. The third kappa shape index (κ3) is 22.2. The Hall–Kier alpha value is -8.25. The highest BCUT2D eigenvalue weighted by Gasteiger charge is 2.57. The maximum Gasteiger partial charge on any atom is 0.306 e. The number of nitrogens with one attached hydrogen (secondary N) is 1. The third-order valence-electron chi connectivity index (χ3n) is 18.1. The van der Waals surface area contributed by atoms with Gasteiger partial charge in [0.05, 0.1) is 78.6 Å². The summed E-state index contributed by atoms with van der Waals surface area (Å²) in [5, 5.41) is 2.60. The molecular formula is C85H91NO16S. The minimum absolute atomic E-state index is 0.0625. The Labute approximate surface area is 608 Å². The van der Waals surface area contributed by atoms with Crippen LogP contribution in [-0.2, 0) is 129 Å². The Morgan fingerprint density at radius 3 is 1.01 bits per heavy atom. The maximum absolute atomic E-state index is 14.0. The summed E-state index contributed by atoms with van der Waals surface area (Å²) in [7, 11) is 1.52. The highest BCUT2D eigenvalue weighted by molar-refractivity contribution is 7.99. The molecule has 1 amide bonds. The van der Waals surface area contributed by atoms with Crippen LogP contribution in [0.15, 0.2) is 278 Å². The predicted molar refractivity (Wildman–Crippen MR) is 389 cm³/mol. The lowest BCUT2D eigenvalue weighted by atomic mass is 9.95. The molecule has 3 aliphatic heterocycles. The SMILES string of the molecule is CNC(=O)CCC(=O)O[C@H]1C(C)OC(O[C@H]2C(OCc3ccccc3)C(OCc3ccccc3)C(O[C@H]3C(COCc4ccccc4)O[C@@H](Sc4ccccc4)C(OCc4ccccc4)[C@H]3OCc3ccccc3)O[C@@H]2COCc2ccccc2)C(OCc2ccccc2)[C@@H]1OCc1ccccc1. The first-order valence-electron chi connectivity index (χ1n) is 35.3. The van der Waals surface area contributed by atoms with Crippen LogP contribution in [0.4, 0.5) is 0 Å². The maximum atomic E-state index is 14.0. The largest absolute Gasteiger partial charge is 0.457 e. The molecule has 0 saturated carbocycles. The molecule has 9 aromatic carbocycles. The van der Waals surface area contributed by atoms with E-state index in [2.05, 4.69) is 17.4 Å².